The summed E-state index contributed by atoms with van der Waals surface area (Å²) >= 11 is 0. The second kappa shape index (κ2) is 11.4. The van der Waals surface area contributed by atoms with Crippen LogP contribution in [0.4, 0.5) is 11.4 Å². The number of nitrogens with one attached hydrogen (secondary N) is 4. The molecule has 2 rings (SSSR count). The Labute approximate surface area is 185 Å². The molecule has 0 fully saturated rings. The van der Waals surface area contributed by atoms with Gasteiger partial charge in [-0.2, -0.15) is 0 Å². The molecule has 0 atom stereocenters. The lowest BCUT2D eigenvalue weighted by Gasteiger charge is -2.07. The Morgan fingerprint density at radius 1 is 0.875 bits per heavy atom. The van der Waals surface area contributed by atoms with E-state index in [9.17, 15) is 14.4 Å². The summed E-state index contributed by atoms with van der Waals surface area (Å²) in [6.45, 7) is 0.670. The molecule has 0 aliphatic heterocycles. The standard InChI is InChI=1S/C19H32N10O3/c1-28-10-12(8-13(28)17(31)24-5-3-15(20)21)27-18(32)14-7-11(9-29(14)2)26-16(30)4-6-25-19(22)23/h7-10,15,19,25H,3-6,20-23H2,1-2H3,(H,24,31)(H,26,30)(H,27,32). The molecule has 2 aromatic rings. The zero-order chi connectivity index (χ0) is 23.8. The number of rotatable bonds is 11. The van der Waals surface area contributed by atoms with Gasteiger partial charge in [-0.15, -0.1) is 0 Å². The zero-order valence-electron chi connectivity index (χ0n) is 18.2. The highest BCUT2D eigenvalue weighted by Gasteiger charge is 2.17. The molecule has 0 unspecified atom stereocenters. The van der Waals surface area contributed by atoms with Gasteiger partial charge in [-0.3, -0.25) is 19.7 Å². The summed E-state index contributed by atoms with van der Waals surface area (Å²) < 4.78 is 3.19. The van der Waals surface area contributed by atoms with Crippen molar-refractivity contribution in [2.45, 2.75) is 25.3 Å². The first kappa shape index (κ1) is 25.0. The number of hydrogen-bond donors (Lipinski definition) is 8. The van der Waals surface area contributed by atoms with Crippen LogP contribution in [0.1, 0.15) is 33.8 Å². The second-order valence-electron chi connectivity index (χ2n) is 7.39. The fourth-order valence-corrected chi connectivity index (χ4v) is 2.93. The SMILES string of the molecule is Cn1cc(NC(=O)c2cc(NC(=O)CCNC(N)N)cn2C)cc1C(=O)NCCC(N)N. The maximum atomic E-state index is 12.7. The number of aromatic nitrogens is 2. The number of aryl methyl sites for hydroxylation is 2. The van der Waals surface area contributed by atoms with E-state index in [1.807, 2.05) is 0 Å². The van der Waals surface area contributed by atoms with Crippen LogP contribution in [0.3, 0.4) is 0 Å². The minimum atomic E-state index is -0.691. The molecule has 0 saturated carbocycles. The lowest BCUT2D eigenvalue weighted by atomic mass is 10.3. The first-order valence-corrected chi connectivity index (χ1v) is 10.0. The van der Waals surface area contributed by atoms with Gasteiger partial charge in [0.15, 0.2) is 0 Å². The van der Waals surface area contributed by atoms with Crippen molar-refractivity contribution in [3.63, 3.8) is 0 Å². The van der Waals surface area contributed by atoms with Gasteiger partial charge in [-0.25, -0.2) is 0 Å². The maximum Gasteiger partial charge on any atom is 0.272 e. The van der Waals surface area contributed by atoms with Crippen molar-refractivity contribution in [2.75, 3.05) is 23.7 Å². The molecule has 0 bridgehead atoms. The van der Waals surface area contributed by atoms with E-state index in [-0.39, 0.29) is 18.2 Å². The third-order valence-electron chi connectivity index (χ3n) is 4.51. The van der Waals surface area contributed by atoms with Crippen molar-refractivity contribution >= 4 is 29.1 Å². The molecule has 32 heavy (non-hydrogen) atoms. The van der Waals surface area contributed by atoms with Crippen molar-refractivity contribution in [3.8, 4) is 0 Å². The molecule has 0 aliphatic rings. The van der Waals surface area contributed by atoms with E-state index >= 15 is 0 Å². The number of carbonyl (C=O) groups excluding carboxylic acids is 3. The summed E-state index contributed by atoms with van der Waals surface area (Å²) in [5.74, 6) is -0.942. The van der Waals surface area contributed by atoms with Crippen LogP contribution in [0.5, 0.6) is 0 Å². The lowest BCUT2D eigenvalue weighted by Crippen LogP contribution is -2.46. The highest BCUT2D eigenvalue weighted by molar-refractivity contribution is 6.05. The molecule has 176 valence electrons. The molecule has 0 aromatic carbocycles. The summed E-state index contributed by atoms with van der Waals surface area (Å²) in [6.07, 6.45) is 2.68. The lowest BCUT2D eigenvalue weighted by molar-refractivity contribution is -0.116. The van der Waals surface area contributed by atoms with Gasteiger partial charge in [0.25, 0.3) is 11.8 Å². The van der Waals surface area contributed by atoms with E-state index < -0.39 is 18.4 Å². The Morgan fingerprint density at radius 2 is 1.44 bits per heavy atom. The molecule has 0 saturated heterocycles. The van der Waals surface area contributed by atoms with E-state index in [4.69, 9.17) is 22.9 Å². The molecule has 3 amide bonds. The monoisotopic (exact) mass is 448 g/mol. The molecule has 0 spiro atoms. The molecule has 0 radical (unpaired) electrons. The third-order valence-corrected chi connectivity index (χ3v) is 4.51. The number of nitrogens with two attached hydrogens (primary N) is 4. The normalized spacial score (nSPS) is 11.1. The van der Waals surface area contributed by atoms with Gasteiger partial charge in [-0.1, -0.05) is 0 Å². The van der Waals surface area contributed by atoms with Crippen LogP contribution in [0.15, 0.2) is 24.5 Å². The van der Waals surface area contributed by atoms with Crippen LogP contribution in [0.25, 0.3) is 0 Å². The number of anilines is 2. The van der Waals surface area contributed by atoms with Crippen LogP contribution in [0, 0.1) is 0 Å². The smallest absolute Gasteiger partial charge is 0.272 e. The van der Waals surface area contributed by atoms with Gasteiger partial charge < -0.3 is 48.0 Å². The molecule has 2 aromatic heterocycles. The van der Waals surface area contributed by atoms with Crippen molar-refractivity contribution in [1.82, 2.24) is 19.8 Å². The van der Waals surface area contributed by atoms with Crippen molar-refractivity contribution in [1.29, 1.82) is 0 Å². The van der Waals surface area contributed by atoms with Crippen LogP contribution in [0.2, 0.25) is 0 Å². The van der Waals surface area contributed by atoms with Crippen LogP contribution < -0.4 is 44.2 Å². The van der Waals surface area contributed by atoms with Crippen molar-refractivity contribution < 1.29 is 14.4 Å². The average Bonchev–Trinajstić information content (AvgIpc) is 3.22. The molecule has 0 aliphatic carbocycles. The molecule has 2 heterocycles. The van der Waals surface area contributed by atoms with Gasteiger partial charge in [0.2, 0.25) is 5.91 Å². The molecule has 12 N–H and O–H groups in total. The molecule has 13 heteroatoms. The summed E-state index contributed by atoms with van der Waals surface area (Å²) in [5.41, 5.74) is 23.3. The predicted molar refractivity (Wildman–Crippen MR) is 121 cm³/mol. The average molecular weight is 449 g/mol. The third kappa shape index (κ3) is 7.47. The highest BCUT2D eigenvalue weighted by atomic mass is 16.2. The van der Waals surface area contributed by atoms with Gasteiger partial charge in [-0.05, 0) is 18.6 Å². The number of nitrogens with zero attached hydrogens (tertiary/aromatic N) is 2. The molecular weight excluding hydrogens is 416 g/mol. The summed E-state index contributed by atoms with van der Waals surface area (Å²) in [4.78, 5) is 37.0. The number of amides is 3. The Kier molecular flexibility index (Phi) is 8.92. The van der Waals surface area contributed by atoms with E-state index in [0.29, 0.717) is 42.3 Å². The van der Waals surface area contributed by atoms with Gasteiger partial charge >= 0.3 is 0 Å². The fraction of sp³-hybridized carbons (Fsp3) is 0.421. The predicted octanol–water partition coefficient (Wildman–Crippen LogP) is -1.90. The summed E-state index contributed by atoms with van der Waals surface area (Å²) in [5, 5.41) is 10.9. The van der Waals surface area contributed by atoms with Gasteiger partial charge in [0.1, 0.15) is 17.7 Å². The number of carbonyl (C=O) groups is 3. The van der Waals surface area contributed by atoms with Crippen molar-refractivity contribution in [2.24, 2.45) is 37.0 Å². The minimum Gasteiger partial charge on any atom is -0.351 e. The Hall–Kier alpha value is -3.23. The second-order valence-corrected chi connectivity index (χ2v) is 7.39. The summed E-state index contributed by atoms with van der Waals surface area (Å²) in [7, 11) is 3.38. The van der Waals surface area contributed by atoms with Crippen molar-refractivity contribution in [3.05, 3.63) is 35.9 Å². The Bertz CT molecular complexity index is 947. The van der Waals surface area contributed by atoms with E-state index in [0.717, 1.165) is 0 Å². The fourth-order valence-electron chi connectivity index (χ4n) is 2.93. The van der Waals surface area contributed by atoms with E-state index in [1.54, 1.807) is 47.8 Å². The van der Waals surface area contributed by atoms with Crippen LogP contribution >= 0.6 is 0 Å². The van der Waals surface area contributed by atoms with E-state index in [2.05, 4.69) is 21.3 Å². The molecule has 13 nitrogen and oxygen atoms in total. The van der Waals surface area contributed by atoms with E-state index in [1.165, 1.54) is 0 Å². The first-order chi connectivity index (χ1) is 15.1. The van der Waals surface area contributed by atoms with Gasteiger partial charge in [0, 0.05) is 46.0 Å². The summed E-state index contributed by atoms with van der Waals surface area (Å²) in [6, 6.07) is 3.12. The largest absolute Gasteiger partial charge is 0.351 e. The van der Waals surface area contributed by atoms with Crippen LogP contribution in [-0.4, -0.2) is 52.4 Å². The maximum absolute atomic E-state index is 12.7. The minimum absolute atomic E-state index is 0.174. The first-order valence-electron chi connectivity index (χ1n) is 10.0. The van der Waals surface area contributed by atoms with Crippen LogP contribution in [-0.2, 0) is 18.9 Å². The molecular formula is C19H32N10O3. The number of hydrogen-bond acceptors (Lipinski definition) is 8. The highest BCUT2D eigenvalue weighted by Crippen LogP contribution is 2.17. The Balaban J connectivity index is 1.97. The van der Waals surface area contributed by atoms with Gasteiger partial charge in [0.05, 0.1) is 17.5 Å². The zero-order valence-corrected chi connectivity index (χ0v) is 18.2. The topological polar surface area (TPSA) is 213 Å². The Morgan fingerprint density at radius 3 is 2.00 bits per heavy atom. The quantitative estimate of drug-likeness (QED) is 0.181.